The summed E-state index contributed by atoms with van der Waals surface area (Å²) in [6.45, 7) is 2.57. The lowest BCUT2D eigenvalue weighted by Crippen LogP contribution is -2.18. The molecule has 0 aliphatic heterocycles. The van der Waals surface area contributed by atoms with Gasteiger partial charge in [0, 0.05) is 18.2 Å². The van der Waals surface area contributed by atoms with Gasteiger partial charge in [0.1, 0.15) is 30.5 Å². The Morgan fingerprint density at radius 2 is 1.59 bits per heavy atom. The maximum absolute atomic E-state index is 11.7. The van der Waals surface area contributed by atoms with E-state index in [-0.39, 0.29) is 25.5 Å². The van der Waals surface area contributed by atoms with E-state index >= 15 is 0 Å². The molecule has 0 N–H and O–H groups in total. The van der Waals surface area contributed by atoms with E-state index in [4.69, 9.17) is 18.9 Å². The zero-order chi connectivity index (χ0) is 19.5. The molecule has 2 aromatic carbocycles. The summed E-state index contributed by atoms with van der Waals surface area (Å²) in [6, 6.07) is 12.7. The maximum Gasteiger partial charge on any atom is 0.344 e. The van der Waals surface area contributed by atoms with E-state index in [1.165, 1.54) is 24.3 Å². The van der Waals surface area contributed by atoms with Crippen molar-refractivity contribution in [3.8, 4) is 17.2 Å². The number of hydrogen-bond donors (Lipinski definition) is 0. The van der Waals surface area contributed by atoms with E-state index < -0.39 is 10.9 Å². The number of carbonyl (C=O) groups is 1. The molecule has 0 aromatic heterocycles. The van der Waals surface area contributed by atoms with Crippen molar-refractivity contribution in [3.05, 3.63) is 58.6 Å². The normalized spacial score (nSPS) is 10.1. The van der Waals surface area contributed by atoms with Crippen molar-refractivity contribution in [1.82, 2.24) is 0 Å². The monoisotopic (exact) mass is 375 g/mol. The third-order valence-electron chi connectivity index (χ3n) is 3.30. The molecule has 0 spiro atoms. The van der Waals surface area contributed by atoms with Crippen LogP contribution >= 0.6 is 0 Å². The zero-order valence-electron chi connectivity index (χ0n) is 15.0. The van der Waals surface area contributed by atoms with E-state index in [0.717, 1.165) is 6.42 Å². The Labute approximate surface area is 156 Å². The number of esters is 1. The molecule has 0 unspecified atom stereocenters. The second-order valence-electron chi connectivity index (χ2n) is 5.43. The number of ether oxygens (including phenoxy) is 4. The van der Waals surface area contributed by atoms with Crippen molar-refractivity contribution in [2.45, 2.75) is 13.3 Å². The molecule has 8 nitrogen and oxygen atoms in total. The van der Waals surface area contributed by atoms with Crippen LogP contribution in [0, 0.1) is 10.1 Å². The Kier molecular flexibility index (Phi) is 7.90. The Bertz CT molecular complexity index is 746. The summed E-state index contributed by atoms with van der Waals surface area (Å²) in [5.41, 5.74) is -0.0184. The molecule has 8 heteroatoms. The van der Waals surface area contributed by atoms with E-state index in [2.05, 4.69) is 0 Å². The predicted molar refractivity (Wildman–Crippen MR) is 97.3 cm³/mol. The van der Waals surface area contributed by atoms with Gasteiger partial charge in [-0.2, -0.15) is 0 Å². The van der Waals surface area contributed by atoms with Crippen LogP contribution in [-0.2, 0) is 9.53 Å². The smallest absolute Gasteiger partial charge is 0.344 e. The lowest BCUT2D eigenvalue weighted by molar-refractivity contribution is -0.384. The van der Waals surface area contributed by atoms with E-state index in [1.54, 1.807) is 18.2 Å². The molecule has 0 heterocycles. The number of non-ortho nitro benzene ring substituents is 1. The minimum atomic E-state index is -0.526. The molecule has 0 saturated heterocycles. The Hall–Kier alpha value is -3.29. The highest BCUT2D eigenvalue weighted by molar-refractivity contribution is 5.71. The number of rotatable bonds is 11. The summed E-state index contributed by atoms with van der Waals surface area (Å²) < 4.78 is 21.2. The van der Waals surface area contributed by atoms with Crippen LogP contribution in [0.1, 0.15) is 13.3 Å². The summed E-state index contributed by atoms with van der Waals surface area (Å²) in [6.07, 6.45) is 0.902. The second-order valence-corrected chi connectivity index (χ2v) is 5.43. The van der Waals surface area contributed by atoms with Crippen LogP contribution in [0.2, 0.25) is 0 Å². The minimum Gasteiger partial charge on any atom is -0.493 e. The molecule has 0 fully saturated rings. The molecule has 2 rings (SSSR count). The quantitative estimate of drug-likeness (QED) is 0.257. The second kappa shape index (κ2) is 10.6. The third kappa shape index (κ3) is 7.23. The van der Waals surface area contributed by atoms with Gasteiger partial charge in [-0.25, -0.2) is 4.79 Å². The van der Waals surface area contributed by atoms with Crippen molar-refractivity contribution < 1.29 is 28.7 Å². The molecular weight excluding hydrogens is 354 g/mol. The predicted octanol–water partition coefficient (Wildman–Crippen LogP) is 3.38. The number of carbonyl (C=O) groups excluding carboxylic acids is 1. The minimum absolute atomic E-state index is 0.0184. The number of hydrogen-bond acceptors (Lipinski definition) is 7. The van der Waals surface area contributed by atoms with Gasteiger partial charge in [0.05, 0.1) is 11.5 Å². The van der Waals surface area contributed by atoms with Gasteiger partial charge >= 0.3 is 5.97 Å². The molecule has 2 aromatic rings. The van der Waals surface area contributed by atoms with Crippen LogP contribution in [0.25, 0.3) is 0 Å². The van der Waals surface area contributed by atoms with Crippen LogP contribution in [0.4, 0.5) is 5.69 Å². The van der Waals surface area contributed by atoms with Gasteiger partial charge in [-0.1, -0.05) is 13.0 Å². The summed E-state index contributed by atoms with van der Waals surface area (Å²) in [7, 11) is 0. The molecule has 0 radical (unpaired) electrons. The fourth-order valence-electron chi connectivity index (χ4n) is 2.04. The highest BCUT2D eigenvalue weighted by atomic mass is 16.6. The van der Waals surface area contributed by atoms with Gasteiger partial charge in [0.25, 0.3) is 5.69 Å². The topological polar surface area (TPSA) is 97.1 Å². The van der Waals surface area contributed by atoms with Crippen molar-refractivity contribution in [2.75, 3.05) is 26.4 Å². The van der Waals surface area contributed by atoms with E-state index in [9.17, 15) is 14.9 Å². The molecule has 144 valence electrons. The van der Waals surface area contributed by atoms with Crippen molar-refractivity contribution in [2.24, 2.45) is 0 Å². The van der Waals surface area contributed by atoms with Gasteiger partial charge in [0.15, 0.2) is 6.61 Å². The summed E-state index contributed by atoms with van der Waals surface area (Å²) in [5, 5.41) is 10.6. The first-order valence-electron chi connectivity index (χ1n) is 8.47. The molecule has 27 heavy (non-hydrogen) atoms. The largest absolute Gasteiger partial charge is 0.493 e. The highest BCUT2D eigenvalue weighted by Gasteiger charge is 2.07. The standard InChI is InChI=1S/C19H21NO7/c1-2-10-24-17-4-3-5-18(13-17)27-14-19(21)26-12-11-25-16-8-6-15(7-9-16)20(22)23/h3-9,13H,2,10-12,14H2,1H3. The van der Waals surface area contributed by atoms with E-state index in [1.807, 2.05) is 13.0 Å². The molecule has 0 aliphatic rings. The van der Waals surface area contributed by atoms with Crippen LogP contribution in [0.15, 0.2) is 48.5 Å². The highest BCUT2D eigenvalue weighted by Crippen LogP contribution is 2.19. The van der Waals surface area contributed by atoms with Gasteiger partial charge in [-0.15, -0.1) is 0 Å². The number of nitro benzene ring substituents is 1. The molecule has 0 aliphatic carbocycles. The first-order valence-corrected chi connectivity index (χ1v) is 8.47. The van der Waals surface area contributed by atoms with Crippen LogP contribution in [0.5, 0.6) is 17.2 Å². The summed E-state index contributed by atoms with van der Waals surface area (Å²) in [4.78, 5) is 21.8. The van der Waals surface area contributed by atoms with Gasteiger partial charge in [-0.3, -0.25) is 10.1 Å². The van der Waals surface area contributed by atoms with Gasteiger partial charge in [-0.05, 0) is 30.7 Å². The fourth-order valence-corrected chi connectivity index (χ4v) is 2.04. The zero-order valence-corrected chi connectivity index (χ0v) is 15.0. The summed E-state index contributed by atoms with van der Waals surface area (Å²) >= 11 is 0. The Morgan fingerprint density at radius 3 is 2.26 bits per heavy atom. The molecule has 0 atom stereocenters. The number of nitro groups is 1. The van der Waals surface area contributed by atoms with Crippen molar-refractivity contribution >= 4 is 11.7 Å². The number of benzene rings is 2. The first kappa shape index (κ1) is 20.0. The van der Waals surface area contributed by atoms with Crippen LogP contribution in [-0.4, -0.2) is 37.3 Å². The maximum atomic E-state index is 11.7. The molecule has 0 bridgehead atoms. The lowest BCUT2D eigenvalue weighted by atomic mass is 10.3. The van der Waals surface area contributed by atoms with Crippen molar-refractivity contribution in [1.29, 1.82) is 0 Å². The fraction of sp³-hybridized carbons (Fsp3) is 0.316. The van der Waals surface area contributed by atoms with E-state index in [0.29, 0.717) is 23.9 Å². The average molecular weight is 375 g/mol. The SMILES string of the molecule is CCCOc1cccc(OCC(=O)OCCOc2ccc([N+](=O)[O-])cc2)c1. The molecule has 0 amide bonds. The van der Waals surface area contributed by atoms with Crippen LogP contribution in [0.3, 0.4) is 0 Å². The van der Waals surface area contributed by atoms with Gasteiger partial charge in [0.2, 0.25) is 0 Å². The first-order chi connectivity index (χ1) is 13.1. The Balaban J connectivity index is 1.65. The average Bonchev–Trinajstić information content (AvgIpc) is 2.68. The molecular formula is C19H21NO7. The number of nitrogens with zero attached hydrogens (tertiary/aromatic N) is 1. The third-order valence-corrected chi connectivity index (χ3v) is 3.30. The van der Waals surface area contributed by atoms with Gasteiger partial charge < -0.3 is 18.9 Å². The Morgan fingerprint density at radius 1 is 0.926 bits per heavy atom. The summed E-state index contributed by atoms with van der Waals surface area (Å²) in [5.74, 6) is 1.13. The lowest BCUT2D eigenvalue weighted by Gasteiger charge is -2.10. The van der Waals surface area contributed by atoms with Crippen LogP contribution < -0.4 is 14.2 Å². The molecule has 0 saturated carbocycles. The van der Waals surface area contributed by atoms with Crippen molar-refractivity contribution in [3.63, 3.8) is 0 Å².